The van der Waals surface area contributed by atoms with Crippen molar-refractivity contribution in [3.05, 3.63) is 59.2 Å². The lowest BCUT2D eigenvalue weighted by molar-refractivity contribution is -0.137. The third kappa shape index (κ3) is 4.30. The first-order valence-corrected chi connectivity index (χ1v) is 10.5. The van der Waals surface area contributed by atoms with Gasteiger partial charge in [0.25, 0.3) is 5.91 Å². The number of fused-ring (bicyclic) bond motifs is 2. The van der Waals surface area contributed by atoms with Crippen molar-refractivity contribution >= 4 is 23.5 Å². The number of aryl methyl sites for hydroxylation is 1. The van der Waals surface area contributed by atoms with E-state index in [0.717, 1.165) is 28.7 Å². The molecule has 4 amide bonds. The number of urea groups is 1. The molecule has 1 aliphatic heterocycles. The lowest BCUT2D eigenvalue weighted by Crippen LogP contribution is -2.43. The van der Waals surface area contributed by atoms with E-state index >= 15 is 0 Å². The fourth-order valence-electron chi connectivity index (χ4n) is 4.23. The van der Waals surface area contributed by atoms with E-state index in [2.05, 4.69) is 10.6 Å². The van der Waals surface area contributed by atoms with Crippen molar-refractivity contribution in [2.24, 2.45) is 0 Å². The fraction of sp³-hybridized carbons (Fsp3) is 0.348. The number of benzene rings is 2. The molecule has 11 heteroatoms. The molecule has 2 N–H and O–H groups in total. The highest BCUT2D eigenvalue weighted by atomic mass is 19.4. The second-order valence-electron chi connectivity index (χ2n) is 7.98. The molecule has 1 heterocycles. The Morgan fingerprint density at radius 3 is 2.68 bits per heavy atom. The summed E-state index contributed by atoms with van der Waals surface area (Å²) in [5, 5.41) is 5.04. The average Bonchev–Trinajstić information content (AvgIpc) is 3.27. The van der Waals surface area contributed by atoms with Gasteiger partial charge in [-0.05, 0) is 42.2 Å². The molecule has 8 nitrogen and oxygen atoms in total. The number of rotatable bonds is 7. The predicted molar refractivity (Wildman–Crippen MR) is 114 cm³/mol. The van der Waals surface area contributed by atoms with Gasteiger partial charge in [-0.1, -0.05) is 24.3 Å². The van der Waals surface area contributed by atoms with E-state index in [-0.39, 0.29) is 24.7 Å². The Hall–Kier alpha value is -3.60. The molecule has 2 aromatic rings. The van der Waals surface area contributed by atoms with Crippen molar-refractivity contribution in [2.75, 3.05) is 32.2 Å². The number of hydrogen-bond donors (Lipinski definition) is 2. The minimum Gasteiger partial charge on any atom is -0.489 e. The number of methoxy groups -OCH3 is 1. The maximum Gasteiger partial charge on any atom is 0.416 e. The van der Waals surface area contributed by atoms with Gasteiger partial charge in [0, 0.05) is 7.11 Å². The van der Waals surface area contributed by atoms with Crippen molar-refractivity contribution < 1.29 is 37.0 Å². The number of nitrogens with zero attached hydrogens (tertiary/aromatic N) is 1. The highest BCUT2D eigenvalue weighted by Crippen LogP contribution is 2.41. The molecule has 1 fully saturated rings. The monoisotopic (exact) mass is 477 g/mol. The SMILES string of the molecule is COCCOc1ccc(C(F)(F)F)cc1NC(=O)CN1C(=O)N[C@@]2(CCc3ccccc32)C1=O. The summed E-state index contributed by atoms with van der Waals surface area (Å²) in [6.45, 7) is -0.442. The van der Waals surface area contributed by atoms with Crippen LogP contribution < -0.4 is 15.4 Å². The predicted octanol–water partition coefficient (Wildman–Crippen LogP) is 3.06. The number of alkyl halides is 3. The minimum absolute atomic E-state index is 0.00297. The summed E-state index contributed by atoms with van der Waals surface area (Å²) in [5.74, 6) is -1.42. The van der Waals surface area contributed by atoms with Crippen LogP contribution >= 0.6 is 0 Å². The smallest absolute Gasteiger partial charge is 0.416 e. The van der Waals surface area contributed by atoms with Crippen molar-refractivity contribution in [3.63, 3.8) is 0 Å². The van der Waals surface area contributed by atoms with Gasteiger partial charge < -0.3 is 20.1 Å². The molecule has 34 heavy (non-hydrogen) atoms. The van der Waals surface area contributed by atoms with Gasteiger partial charge in [-0.15, -0.1) is 0 Å². The van der Waals surface area contributed by atoms with Crippen LogP contribution in [0.15, 0.2) is 42.5 Å². The lowest BCUT2D eigenvalue weighted by atomic mass is 9.92. The zero-order valence-electron chi connectivity index (χ0n) is 18.2. The molecule has 0 radical (unpaired) electrons. The second-order valence-corrected chi connectivity index (χ2v) is 7.98. The lowest BCUT2D eigenvalue weighted by Gasteiger charge is -2.22. The summed E-state index contributed by atoms with van der Waals surface area (Å²) in [7, 11) is 1.44. The maximum atomic E-state index is 13.2. The van der Waals surface area contributed by atoms with Crippen LogP contribution in [0.5, 0.6) is 5.75 Å². The van der Waals surface area contributed by atoms with Gasteiger partial charge in [0.2, 0.25) is 5.91 Å². The summed E-state index contributed by atoms with van der Waals surface area (Å²) in [6.07, 6.45) is -3.69. The number of anilines is 1. The first-order valence-electron chi connectivity index (χ1n) is 10.5. The molecule has 1 atom stereocenters. The Morgan fingerprint density at radius 1 is 1.18 bits per heavy atom. The Balaban J connectivity index is 1.52. The summed E-state index contributed by atoms with van der Waals surface area (Å²) < 4.78 is 49.8. The van der Waals surface area contributed by atoms with Gasteiger partial charge >= 0.3 is 12.2 Å². The molecular formula is C23H22F3N3O5. The van der Waals surface area contributed by atoms with E-state index in [0.29, 0.717) is 18.4 Å². The van der Waals surface area contributed by atoms with Crippen molar-refractivity contribution in [1.82, 2.24) is 10.2 Å². The number of halogens is 3. The Labute approximate surface area is 193 Å². The van der Waals surface area contributed by atoms with E-state index in [1.807, 2.05) is 12.1 Å². The third-order valence-electron chi connectivity index (χ3n) is 5.85. The van der Waals surface area contributed by atoms with Gasteiger partial charge in [-0.25, -0.2) is 4.79 Å². The van der Waals surface area contributed by atoms with Crippen LogP contribution in [0.3, 0.4) is 0 Å². The molecule has 1 spiro atoms. The number of hydrogen-bond acceptors (Lipinski definition) is 5. The van der Waals surface area contributed by atoms with E-state index in [1.54, 1.807) is 12.1 Å². The fourth-order valence-corrected chi connectivity index (χ4v) is 4.23. The summed E-state index contributed by atoms with van der Waals surface area (Å²) >= 11 is 0. The summed E-state index contributed by atoms with van der Waals surface area (Å²) in [6, 6.07) is 9.15. The van der Waals surface area contributed by atoms with Gasteiger partial charge in [-0.2, -0.15) is 13.2 Å². The minimum atomic E-state index is -4.64. The van der Waals surface area contributed by atoms with Crippen molar-refractivity contribution in [3.8, 4) is 5.75 Å². The highest BCUT2D eigenvalue weighted by Gasteiger charge is 2.55. The Morgan fingerprint density at radius 2 is 1.94 bits per heavy atom. The van der Waals surface area contributed by atoms with Crippen LogP contribution in [0.2, 0.25) is 0 Å². The number of ether oxygens (including phenoxy) is 2. The largest absolute Gasteiger partial charge is 0.489 e. The number of imide groups is 1. The summed E-state index contributed by atoms with van der Waals surface area (Å²) in [4.78, 5) is 39.3. The normalized spacial score (nSPS) is 19.4. The maximum absolute atomic E-state index is 13.2. The highest BCUT2D eigenvalue weighted by molar-refractivity contribution is 6.11. The topological polar surface area (TPSA) is 97.0 Å². The van der Waals surface area contributed by atoms with E-state index < -0.39 is 41.7 Å². The Bertz CT molecular complexity index is 1140. The van der Waals surface area contributed by atoms with E-state index in [4.69, 9.17) is 9.47 Å². The molecule has 0 bridgehead atoms. The molecule has 1 saturated heterocycles. The number of nitrogens with one attached hydrogen (secondary N) is 2. The standard InChI is InChI=1S/C23H22F3N3O5/c1-33-10-11-34-18-7-6-15(23(24,25)26)12-17(18)27-19(30)13-29-20(31)22(28-21(29)32)9-8-14-4-2-3-5-16(14)22/h2-7,12H,8-11,13H2,1H3,(H,27,30)(H,28,32)/t22-/m1/s1. The molecule has 1 aliphatic carbocycles. The third-order valence-corrected chi connectivity index (χ3v) is 5.85. The van der Waals surface area contributed by atoms with Crippen molar-refractivity contribution in [2.45, 2.75) is 24.6 Å². The molecule has 0 unspecified atom stereocenters. The molecule has 2 aliphatic rings. The molecule has 180 valence electrons. The van der Waals surface area contributed by atoms with Crippen LogP contribution in [0, 0.1) is 0 Å². The van der Waals surface area contributed by atoms with Crippen LogP contribution in [-0.2, 0) is 32.5 Å². The first kappa shape index (κ1) is 23.6. The zero-order chi connectivity index (χ0) is 24.5. The van der Waals surface area contributed by atoms with Crippen molar-refractivity contribution in [1.29, 1.82) is 0 Å². The average molecular weight is 477 g/mol. The number of carbonyl (C=O) groups excluding carboxylic acids is 3. The Kier molecular flexibility index (Phi) is 6.22. The molecule has 4 rings (SSSR count). The molecule has 2 aromatic carbocycles. The number of carbonyl (C=O) groups is 3. The van der Waals surface area contributed by atoms with E-state index in [1.165, 1.54) is 7.11 Å². The van der Waals surface area contributed by atoms with Gasteiger partial charge in [-0.3, -0.25) is 14.5 Å². The van der Waals surface area contributed by atoms with Crippen LogP contribution in [0.25, 0.3) is 0 Å². The first-order chi connectivity index (χ1) is 16.2. The van der Waals surface area contributed by atoms with Crippen LogP contribution in [0.1, 0.15) is 23.1 Å². The van der Waals surface area contributed by atoms with Crippen LogP contribution in [-0.4, -0.2) is 49.6 Å². The van der Waals surface area contributed by atoms with Gasteiger partial charge in [0.1, 0.15) is 24.4 Å². The molecule has 0 aromatic heterocycles. The molecule has 0 saturated carbocycles. The molecular weight excluding hydrogens is 455 g/mol. The van der Waals surface area contributed by atoms with Crippen LogP contribution in [0.4, 0.5) is 23.7 Å². The number of amides is 4. The van der Waals surface area contributed by atoms with E-state index in [9.17, 15) is 27.6 Å². The van der Waals surface area contributed by atoms with Gasteiger partial charge in [0.15, 0.2) is 0 Å². The summed E-state index contributed by atoms with van der Waals surface area (Å²) in [5.41, 5.74) is -0.840. The van der Waals surface area contributed by atoms with Gasteiger partial charge in [0.05, 0.1) is 17.9 Å². The second kappa shape index (κ2) is 8.98. The zero-order valence-corrected chi connectivity index (χ0v) is 18.2. The quantitative estimate of drug-likeness (QED) is 0.472.